The van der Waals surface area contributed by atoms with Gasteiger partial charge < -0.3 is 20.5 Å². The van der Waals surface area contributed by atoms with Gasteiger partial charge in [0, 0.05) is 17.5 Å². The van der Waals surface area contributed by atoms with Gasteiger partial charge in [0.05, 0.1) is 0 Å². The Morgan fingerprint density at radius 2 is 2.00 bits per heavy atom. The van der Waals surface area contributed by atoms with Crippen molar-refractivity contribution < 1.29 is 14.6 Å². The van der Waals surface area contributed by atoms with Gasteiger partial charge in [0.2, 0.25) is 5.91 Å². The largest absolute Gasteiger partial charge is 0.491 e. The van der Waals surface area contributed by atoms with Gasteiger partial charge in [-0.15, -0.1) is 0 Å². The number of primary amides is 1. The summed E-state index contributed by atoms with van der Waals surface area (Å²) >= 11 is 6.26. The predicted molar refractivity (Wildman–Crippen MR) is 111 cm³/mol. The number of aliphatic hydroxyl groups is 1. The van der Waals surface area contributed by atoms with E-state index in [2.05, 4.69) is 11.0 Å². The van der Waals surface area contributed by atoms with E-state index < -0.39 is 6.10 Å². The first-order valence-electron chi connectivity index (χ1n) is 9.61. The number of nitrogens with two attached hydrogens (primary N) is 1. The van der Waals surface area contributed by atoms with E-state index in [9.17, 15) is 9.90 Å². The van der Waals surface area contributed by atoms with E-state index in [1.54, 1.807) is 6.07 Å². The SMILES string of the molecule is Cc1cccc(-c2cc(Cl)cc(OCC(O)CN3CCC(C(N)=O)CC3)c2)c1. The lowest BCUT2D eigenvalue weighted by atomic mass is 9.96. The first-order valence-corrected chi connectivity index (χ1v) is 9.98. The van der Waals surface area contributed by atoms with E-state index in [1.165, 1.54) is 5.56 Å². The van der Waals surface area contributed by atoms with Crippen molar-refractivity contribution in [3.8, 4) is 16.9 Å². The molecule has 0 aromatic heterocycles. The highest BCUT2D eigenvalue weighted by Gasteiger charge is 2.24. The Bertz CT molecular complexity index is 819. The average molecular weight is 403 g/mol. The number of β-amino-alcohol motifs (C(OH)–C–C–N with tert-alkyl or cyclic N) is 1. The third-order valence-corrected chi connectivity index (χ3v) is 5.34. The summed E-state index contributed by atoms with van der Waals surface area (Å²) in [6, 6.07) is 13.8. The standard InChI is InChI=1S/C22H27ClN2O3/c1-15-3-2-4-17(9-15)18-10-19(23)12-21(11-18)28-14-20(26)13-25-7-5-16(6-8-25)22(24)27/h2-4,9-12,16,20,26H,5-8,13-14H2,1H3,(H2,24,27). The van der Waals surface area contributed by atoms with E-state index in [0.717, 1.165) is 37.1 Å². The molecule has 0 spiro atoms. The highest BCUT2D eigenvalue weighted by Crippen LogP contribution is 2.29. The van der Waals surface area contributed by atoms with Crippen LogP contribution in [0.4, 0.5) is 0 Å². The number of aryl methyl sites for hydroxylation is 1. The fourth-order valence-electron chi connectivity index (χ4n) is 3.58. The summed E-state index contributed by atoms with van der Waals surface area (Å²) in [6.07, 6.45) is 0.875. The van der Waals surface area contributed by atoms with Crippen molar-refractivity contribution in [3.05, 3.63) is 53.1 Å². The van der Waals surface area contributed by atoms with Crippen LogP contribution in [0.1, 0.15) is 18.4 Å². The third kappa shape index (κ3) is 5.71. The van der Waals surface area contributed by atoms with E-state index in [-0.39, 0.29) is 18.4 Å². The minimum absolute atomic E-state index is 0.0452. The van der Waals surface area contributed by atoms with Gasteiger partial charge in [-0.05, 0) is 62.2 Å². The zero-order valence-electron chi connectivity index (χ0n) is 16.1. The van der Waals surface area contributed by atoms with Gasteiger partial charge in [-0.25, -0.2) is 0 Å². The molecule has 150 valence electrons. The zero-order valence-corrected chi connectivity index (χ0v) is 16.9. The molecule has 1 fully saturated rings. The molecule has 3 N–H and O–H groups in total. The second-order valence-corrected chi connectivity index (χ2v) is 7.92. The number of carbonyl (C=O) groups is 1. The van der Waals surface area contributed by atoms with Crippen LogP contribution in [0, 0.1) is 12.8 Å². The van der Waals surface area contributed by atoms with Crippen LogP contribution in [0.3, 0.4) is 0 Å². The van der Waals surface area contributed by atoms with Gasteiger partial charge in [-0.3, -0.25) is 4.79 Å². The van der Waals surface area contributed by atoms with Gasteiger partial charge in [0.25, 0.3) is 0 Å². The minimum Gasteiger partial charge on any atom is -0.491 e. The molecule has 1 aliphatic rings. The molecule has 1 atom stereocenters. The summed E-state index contributed by atoms with van der Waals surface area (Å²) in [5.74, 6) is 0.362. The summed E-state index contributed by atoms with van der Waals surface area (Å²) in [5.41, 5.74) is 8.59. The van der Waals surface area contributed by atoms with Crippen LogP contribution in [0.25, 0.3) is 11.1 Å². The van der Waals surface area contributed by atoms with Crippen molar-refractivity contribution in [2.24, 2.45) is 11.7 Å². The number of hydrogen-bond acceptors (Lipinski definition) is 4. The molecule has 1 heterocycles. The number of hydrogen-bond donors (Lipinski definition) is 2. The Labute approximate surface area is 171 Å². The molecule has 2 aromatic rings. The van der Waals surface area contributed by atoms with Crippen LogP contribution in [-0.4, -0.2) is 48.3 Å². The summed E-state index contributed by atoms with van der Waals surface area (Å²) < 4.78 is 5.81. The summed E-state index contributed by atoms with van der Waals surface area (Å²) in [6.45, 7) is 4.27. The van der Waals surface area contributed by atoms with Crippen LogP contribution >= 0.6 is 11.6 Å². The Morgan fingerprint density at radius 1 is 1.25 bits per heavy atom. The number of ether oxygens (including phenoxy) is 1. The smallest absolute Gasteiger partial charge is 0.220 e. The highest BCUT2D eigenvalue weighted by atomic mass is 35.5. The molecule has 1 saturated heterocycles. The fraction of sp³-hybridized carbons (Fsp3) is 0.409. The number of carbonyl (C=O) groups excluding carboxylic acids is 1. The topological polar surface area (TPSA) is 75.8 Å². The molecule has 0 saturated carbocycles. The minimum atomic E-state index is -0.619. The lowest BCUT2D eigenvalue weighted by molar-refractivity contribution is -0.123. The van der Waals surface area contributed by atoms with E-state index in [4.69, 9.17) is 22.1 Å². The molecule has 1 unspecified atom stereocenters. The van der Waals surface area contributed by atoms with E-state index >= 15 is 0 Å². The highest BCUT2D eigenvalue weighted by molar-refractivity contribution is 6.31. The molecule has 5 nitrogen and oxygen atoms in total. The molecule has 2 aromatic carbocycles. The maximum Gasteiger partial charge on any atom is 0.220 e. The first-order chi connectivity index (χ1) is 13.4. The first kappa shape index (κ1) is 20.6. The Balaban J connectivity index is 1.55. The van der Waals surface area contributed by atoms with Crippen molar-refractivity contribution in [3.63, 3.8) is 0 Å². The molecular formula is C22H27ClN2O3. The molecule has 3 rings (SSSR count). The molecule has 1 amide bonds. The number of rotatable bonds is 7. The zero-order chi connectivity index (χ0) is 20.1. The van der Waals surface area contributed by atoms with E-state index in [0.29, 0.717) is 17.3 Å². The van der Waals surface area contributed by atoms with Crippen molar-refractivity contribution in [1.29, 1.82) is 0 Å². The number of likely N-dealkylation sites (tertiary alicyclic amines) is 1. The number of halogens is 1. The Kier molecular flexibility index (Phi) is 6.94. The lowest BCUT2D eigenvalue weighted by Crippen LogP contribution is -2.43. The maximum absolute atomic E-state index is 11.2. The predicted octanol–water partition coefficient (Wildman–Crippen LogP) is 3.25. The van der Waals surface area contributed by atoms with Gasteiger partial charge in [-0.2, -0.15) is 0 Å². The maximum atomic E-state index is 11.2. The second kappa shape index (κ2) is 9.41. The second-order valence-electron chi connectivity index (χ2n) is 7.49. The van der Waals surface area contributed by atoms with Gasteiger partial charge >= 0.3 is 0 Å². The normalized spacial score (nSPS) is 16.7. The van der Waals surface area contributed by atoms with Crippen LogP contribution in [-0.2, 0) is 4.79 Å². The lowest BCUT2D eigenvalue weighted by Gasteiger charge is -2.31. The van der Waals surface area contributed by atoms with Gasteiger partial charge in [-0.1, -0.05) is 41.4 Å². The molecule has 0 aliphatic carbocycles. The number of benzene rings is 2. The van der Waals surface area contributed by atoms with Crippen molar-refractivity contribution in [1.82, 2.24) is 4.90 Å². The number of aliphatic hydroxyl groups excluding tert-OH is 1. The molecule has 28 heavy (non-hydrogen) atoms. The van der Waals surface area contributed by atoms with Crippen molar-refractivity contribution in [2.75, 3.05) is 26.2 Å². The Morgan fingerprint density at radius 3 is 2.68 bits per heavy atom. The number of nitrogens with zero attached hydrogens (tertiary/aromatic N) is 1. The van der Waals surface area contributed by atoms with Crippen LogP contribution in [0.15, 0.2) is 42.5 Å². The summed E-state index contributed by atoms with van der Waals surface area (Å²) in [7, 11) is 0. The van der Waals surface area contributed by atoms with Gasteiger partial charge in [0.15, 0.2) is 0 Å². The molecule has 6 heteroatoms. The molecule has 0 bridgehead atoms. The third-order valence-electron chi connectivity index (χ3n) is 5.12. The summed E-state index contributed by atoms with van der Waals surface area (Å²) in [4.78, 5) is 13.4. The van der Waals surface area contributed by atoms with Crippen molar-refractivity contribution >= 4 is 17.5 Å². The van der Waals surface area contributed by atoms with Crippen LogP contribution in [0.5, 0.6) is 5.75 Å². The van der Waals surface area contributed by atoms with Gasteiger partial charge in [0.1, 0.15) is 18.5 Å². The Hall–Kier alpha value is -2.08. The molecule has 1 aliphatic heterocycles. The van der Waals surface area contributed by atoms with Crippen molar-refractivity contribution in [2.45, 2.75) is 25.9 Å². The number of piperidine rings is 1. The van der Waals surface area contributed by atoms with Crippen LogP contribution < -0.4 is 10.5 Å². The number of amides is 1. The van der Waals surface area contributed by atoms with Crippen LogP contribution in [0.2, 0.25) is 5.02 Å². The monoisotopic (exact) mass is 402 g/mol. The average Bonchev–Trinajstić information content (AvgIpc) is 2.66. The summed E-state index contributed by atoms with van der Waals surface area (Å²) in [5, 5.41) is 10.9. The fourth-order valence-corrected chi connectivity index (χ4v) is 3.81. The quantitative estimate of drug-likeness (QED) is 0.745. The van der Waals surface area contributed by atoms with E-state index in [1.807, 2.05) is 37.3 Å². The molecular weight excluding hydrogens is 376 g/mol. The molecule has 0 radical (unpaired) electrons.